The van der Waals surface area contributed by atoms with Crippen LogP contribution in [-0.2, 0) is 0 Å². The summed E-state index contributed by atoms with van der Waals surface area (Å²) in [6.07, 6.45) is 4.43. The first-order valence-corrected chi connectivity index (χ1v) is 5.35. The molecule has 0 unspecified atom stereocenters. The summed E-state index contributed by atoms with van der Waals surface area (Å²) >= 11 is 2.14. The first kappa shape index (κ1) is 6.99. The van der Waals surface area contributed by atoms with E-state index in [0.29, 0.717) is 0 Å². The highest BCUT2D eigenvalue weighted by Crippen LogP contribution is 2.43. The summed E-state index contributed by atoms with van der Waals surface area (Å²) in [5, 5.41) is 3.52. The van der Waals surface area contributed by atoms with E-state index in [1.807, 2.05) is 0 Å². The van der Waals surface area contributed by atoms with E-state index in [1.165, 1.54) is 43.9 Å². The average molecular weight is 157 g/mol. The fourth-order valence-electron chi connectivity index (χ4n) is 1.84. The van der Waals surface area contributed by atoms with Crippen LogP contribution in [0, 0.1) is 5.41 Å². The third-order valence-corrected chi connectivity index (χ3v) is 4.05. The van der Waals surface area contributed by atoms with Crippen LogP contribution in [0.1, 0.15) is 19.3 Å². The highest BCUT2D eigenvalue weighted by atomic mass is 32.2. The van der Waals surface area contributed by atoms with Crippen molar-refractivity contribution in [2.75, 3.05) is 24.6 Å². The molecule has 2 fully saturated rings. The zero-order chi connectivity index (χ0) is 6.86. The van der Waals surface area contributed by atoms with Crippen molar-refractivity contribution in [2.45, 2.75) is 19.3 Å². The van der Waals surface area contributed by atoms with Gasteiger partial charge in [0.05, 0.1) is 0 Å². The molecule has 1 aliphatic heterocycles. The van der Waals surface area contributed by atoms with Crippen molar-refractivity contribution in [1.29, 1.82) is 0 Å². The molecule has 0 aromatic carbocycles. The van der Waals surface area contributed by atoms with E-state index in [0.717, 1.165) is 5.41 Å². The van der Waals surface area contributed by atoms with Gasteiger partial charge in [0, 0.05) is 24.6 Å². The monoisotopic (exact) mass is 157 g/mol. The lowest BCUT2D eigenvalue weighted by Gasteiger charge is -2.40. The minimum atomic E-state index is 0.737. The maximum Gasteiger partial charge on any atom is 0.00583 e. The minimum Gasteiger partial charge on any atom is -0.315 e. The van der Waals surface area contributed by atoms with Crippen LogP contribution >= 0.6 is 11.8 Å². The summed E-state index contributed by atoms with van der Waals surface area (Å²) in [5.74, 6) is 2.74. The molecule has 0 aromatic rings. The van der Waals surface area contributed by atoms with E-state index in [9.17, 15) is 0 Å². The van der Waals surface area contributed by atoms with E-state index >= 15 is 0 Å². The summed E-state index contributed by atoms with van der Waals surface area (Å²) in [6, 6.07) is 0. The highest BCUT2D eigenvalue weighted by molar-refractivity contribution is 7.99. The Hall–Kier alpha value is 0.310. The van der Waals surface area contributed by atoms with Gasteiger partial charge in [-0.25, -0.2) is 0 Å². The van der Waals surface area contributed by atoms with Gasteiger partial charge in [0.1, 0.15) is 0 Å². The summed E-state index contributed by atoms with van der Waals surface area (Å²) < 4.78 is 0. The van der Waals surface area contributed by atoms with Gasteiger partial charge in [-0.05, 0) is 18.3 Å². The van der Waals surface area contributed by atoms with Gasteiger partial charge in [-0.2, -0.15) is 11.8 Å². The van der Waals surface area contributed by atoms with Crippen LogP contribution in [0.15, 0.2) is 0 Å². The summed E-state index contributed by atoms with van der Waals surface area (Å²) in [5.41, 5.74) is 0.737. The second-order valence-corrected chi connectivity index (χ2v) is 4.69. The molecule has 58 valence electrons. The Morgan fingerprint density at radius 2 is 2.20 bits per heavy atom. The molecule has 0 radical (unpaired) electrons. The van der Waals surface area contributed by atoms with Crippen LogP contribution < -0.4 is 5.32 Å². The average Bonchev–Trinajstić information content (AvgIpc) is 2.08. The quantitative estimate of drug-likeness (QED) is 0.572. The van der Waals surface area contributed by atoms with Crippen molar-refractivity contribution < 1.29 is 0 Å². The SMILES string of the molecule is C1CC2(C1)CNCCSC2. The van der Waals surface area contributed by atoms with Gasteiger partial charge < -0.3 is 5.32 Å². The zero-order valence-corrected chi connectivity index (χ0v) is 7.17. The predicted molar refractivity (Wildman–Crippen MR) is 46.5 cm³/mol. The van der Waals surface area contributed by atoms with Gasteiger partial charge >= 0.3 is 0 Å². The van der Waals surface area contributed by atoms with Crippen molar-refractivity contribution >= 4 is 11.8 Å². The van der Waals surface area contributed by atoms with Crippen LogP contribution in [0.5, 0.6) is 0 Å². The van der Waals surface area contributed by atoms with Crippen molar-refractivity contribution in [3.8, 4) is 0 Å². The first-order chi connectivity index (χ1) is 4.91. The summed E-state index contributed by atoms with van der Waals surface area (Å²) in [7, 11) is 0. The Balaban J connectivity index is 1.92. The minimum absolute atomic E-state index is 0.737. The number of rotatable bonds is 0. The number of nitrogens with one attached hydrogen (secondary N) is 1. The van der Waals surface area contributed by atoms with Gasteiger partial charge in [0.25, 0.3) is 0 Å². The molecular formula is C8H15NS. The number of thioether (sulfide) groups is 1. The van der Waals surface area contributed by atoms with E-state index in [1.54, 1.807) is 0 Å². The highest BCUT2D eigenvalue weighted by Gasteiger charge is 2.36. The van der Waals surface area contributed by atoms with Crippen LogP contribution in [0.4, 0.5) is 0 Å². The third kappa shape index (κ3) is 1.19. The molecule has 1 nitrogen and oxygen atoms in total. The maximum absolute atomic E-state index is 3.52. The first-order valence-electron chi connectivity index (χ1n) is 4.20. The molecule has 1 spiro atoms. The standard InChI is InChI=1S/C8H15NS/c1-2-8(3-1)6-9-4-5-10-7-8/h9H,1-7H2. The third-order valence-electron chi connectivity index (χ3n) is 2.75. The topological polar surface area (TPSA) is 12.0 Å². The molecule has 0 atom stereocenters. The Morgan fingerprint density at radius 1 is 1.30 bits per heavy atom. The van der Waals surface area contributed by atoms with Crippen molar-refractivity contribution in [2.24, 2.45) is 5.41 Å². The van der Waals surface area contributed by atoms with Crippen LogP contribution in [0.25, 0.3) is 0 Å². The fraction of sp³-hybridized carbons (Fsp3) is 1.00. The van der Waals surface area contributed by atoms with Crippen LogP contribution in [0.2, 0.25) is 0 Å². The molecule has 1 aliphatic carbocycles. The lowest BCUT2D eigenvalue weighted by atomic mass is 9.70. The molecule has 1 N–H and O–H groups in total. The van der Waals surface area contributed by atoms with E-state index in [2.05, 4.69) is 17.1 Å². The lowest BCUT2D eigenvalue weighted by molar-refractivity contribution is 0.167. The normalized spacial score (nSPS) is 31.2. The van der Waals surface area contributed by atoms with E-state index in [4.69, 9.17) is 0 Å². The summed E-state index contributed by atoms with van der Waals surface area (Å²) in [4.78, 5) is 0. The predicted octanol–water partition coefficient (Wildman–Crippen LogP) is 1.49. The van der Waals surface area contributed by atoms with Gasteiger partial charge in [-0.15, -0.1) is 0 Å². The Bertz CT molecular complexity index is 110. The van der Waals surface area contributed by atoms with E-state index in [-0.39, 0.29) is 0 Å². The molecule has 2 heteroatoms. The van der Waals surface area contributed by atoms with Crippen LogP contribution in [0.3, 0.4) is 0 Å². The molecular weight excluding hydrogens is 142 g/mol. The van der Waals surface area contributed by atoms with Crippen molar-refractivity contribution in [3.63, 3.8) is 0 Å². The molecule has 0 bridgehead atoms. The largest absolute Gasteiger partial charge is 0.315 e. The van der Waals surface area contributed by atoms with Gasteiger partial charge in [0.15, 0.2) is 0 Å². The van der Waals surface area contributed by atoms with E-state index < -0.39 is 0 Å². The fourth-order valence-corrected chi connectivity index (χ4v) is 3.09. The Morgan fingerprint density at radius 3 is 2.90 bits per heavy atom. The van der Waals surface area contributed by atoms with Gasteiger partial charge in [0.2, 0.25) is 0 Å². The Kier molecular flexibility index (Phi) is 1.92. The molecule has 2 rings (SSSR count). The lowest BCUT2D eigenvalue weighted by Crippen LogP contribution is -2.40. The molecule has 1 heterocycles. The van der Waals surface area contributed by atoms with Gasteiger partial charge in [-0.3, -0.25) is 0 Å². The zero-order valence-electron chi connectivity index (χ0n) is 6.36. The number of hydrogen-bond acceptors (Lipinski definition) is 2. The second kappa shape index (κ2) is 2.74. The molecule has 1 saturated heterocycles. The van der Waals surface area contributed by atoms with Crippen molar-refractivity contribution in [1.82, 2.24) is 5.32 Å². The van der Waals surface area contributed by atoms with Gasteiger partial charge in [-0.1, -0.05) is 6.42 Å². The second-order valence-electron chi connectivity index (χ2n) is 3.58. The molecule has 2 aliphatic rings. The van der Waals surface area contributed by atoms with Crippen molar-refractivity contribution in [3.05, 3.63) is 0 Å². The molecule has 0 aromatic heterocycles. The molecule has 0 amide bonds. The summed E-state index contributed by atoms with van der Waals surface area (Å²) in [6.45, 7) is 2.52. The Labute approximate surface area is 67.0 Å². The maximum atomic E-state index is 3.52. The van der Waals surface area contributed by atoms with Crippen LogP contribution in [-0.4, -0.2) is 24.6 Å². The molecule has 10 heavy (non-hydrogen) atoms. The number of hydrogen-bond donors (Lipinski definition) is 1. The smallest absolute Gasteiger partial charge is 0.00583 e. The molecule has 1 saturated carbocycles.